The maximum atomic E-state index is 12.3. The average molecular weight is 457 g/mol. The lowest BCUT2D eigenvalue weighted by molar-refractivity contribution is 0.0942. The number of hydrogen-bond donors (Lipinski definition) is 2. The first-order chi connectivity index (χ1) is 15.6. The van der Waals surface area contributed by atoms with Gasteiger partial charge in [-0.05, 0) is 43.9 Å². The van der Waals surface area contributed by atoms with Crippen LogP contribution in [0.25, 0.3) is 0 Å². The molecule has 2 aliphatic rings. The summed E-state index contributed by atoms with van der Waals surface area (Å²) < 4.78 is 1.69. The van der Waals surface area contributed by atoms with E-state index in [9.17, 15) is 9.59 Å². The van der Waals surface area contributed by atoms with Crippen molar-refractivity contribution in [2.45, 2.75) is 52.0 Å². The van der Waals surface area contributed by atoms with Gasteiger partial charge in [0.15, 0.2) is 5.69 Å². The Labute approximate surface area is 190 Å². The maximum Gasteiger partial charge on any atom is 0.282 e. The summed E-state index contributed by atoms with van der Waals surface area (Å²) in [5, 5.41) is 23.1. The highest BCUT2D eigenvalue weighted by Gasteiger charge is 2.22. The number of amides is 2. The molecule has 2 aromatic rings. The van der Waals surface area contributed by atoms with Crippen LogP contribution in [0.1, 0.15) is 64.3 Å². The van der Waals surface area contributed by atoms with Crippen molar-refractivity contribution in [3.05, 3.63) is 34.2 Å². The van der Waals surface area contributed by atoms with Crippen molar-refractivity contribution >= 4 is 28.9 Å². The molecule has 11 heteroatoms. The molecule has 1 saturated carbocycles. The molecule has 0 spiro atoms. The van der Waals surface area contributed by atoms with Crippen LogP contribution < -0.4 is 10.6 Å². The Morgan fingerprint density at radius 1 is 1.16 bits per heavy atom. The Balaban J connectivity index is 1.14. The lowest BCUT2D eigenvalue weighted by atomic mass is 10.0. The van der Waals surface area contributed by atoms with Crippen LogP contribution in [0.2, 0.25) is 0 Å². The number of aromatic nitrogens is 5. The van der Waals surface area contributed by atoms with Crippen LogP contribution in [0.3, 0.4) is 0 Å². The molecule has 0 bridgehead atoms. The molecule has 1 atom stereocenters. The van der Waals surface area contributed by atoms with Gasteiger partial charge in [-0.15, -0.1) is 15.3 Å². The van der Waals surface area contributed by atoms with Gasteiger partial charge in [-0.25, -0.2) is 0 Å². The molecule has 1 aliphatic heterocycles. The number of aliphatic imine (C=N–C) groups is 1. The molecule has 2 N–H and O–H groups in total. The standard InChI is InChI=1S/C21H28N8O2S/c1-14-7-8-22-16(10-14)12-24-20(31)21-27-26-18(32-21)4-2-3-9-29-13-17(25-28-29)19(30)23-11-15-5-6-15/h7-8,13-15H,2-6,9-12H2,1H3,(H,23,30)(H,24,31). The summed E-state index contributed by atoms with van der Waals surface area (Å²) in [5.41, 5.74) is 1.32. The van der Waals surface area contributed by atoms with Crippen LogP contribution in [-0.2, 0) is 13.0 Å². The molecule has 0 aromatic carbocycles. The first-order valence-electron chi connectivity index (χ1n) is 11.1. The summed E-state index contributed by atoms with van der Waals surface area (Å²) in [4.78, 5) is 28.7. The number of nitrogens with one attached hydrogen (secondary N) is 2. The molecule has 1 fully saturated rings. The van der Waals surface area contributed by atoms with E-state index in [1.807, 2.05) is 0 Å². The molecule has 2 amide bonds. The molecular weight excluding hydrogens is 428 g/mol. The summed E-state index contributed by atoms with van der Waals surface area (Å²) in [6, 6.07) is 0. The van der Waals surface area contributed by atoms with Gasteiger partial charge in [-0.2, -0.15) is 0 Å². The van der Waals surface area contributed by atoms with E-state index >= 15 is 0 Å². The first-order valence-corrected chi connectivity index (χ1v) is 11.9. The van der Waals surface area contributed by atoms with Crippen molar-refractivity contribution in [3.8, 4) is 0 Å². The number of unbranched alkanes of at least 4 members (excludes halogenated alkanes) is 1. The number of carbonyl (C=O) groups excluding carboxylic acids is 2. The molecule has 32 heavy (non-hydrogen) atoms. The predicted octanol–water partition coefficient (Wildman–Crippen LogP) is 2.02. The van der Waals surface area contributed by atoms with Crippen LogP contribution in [0.4, 0.5) is 0 Å². The monoisotopic (exact) mass is 456 g/mol. The molecule has 0 radical (unpaired) electrons. The highest BCUT2D eigenvalue weighted by molar-refractivity contribution is 7.13. The zero-order valence-corrected chi connectivity index (χ0v) is 19.0. The Morgan fingerprint density at radius 2 is 2.03 bits per heavy atom. The molecule has 3 heterocycles. The van der Waals surface area contributed by atoms with E-state index < -0.39 is 0 Å². The second-order valence-corrected chi connectivity index (χ2v) is 9.44. The van der Waals surface area contributed by atoms with Gasteiger partial charge in [0.05, 0.1) is 12.7 Å². The minimum atomic E-state index is -0.214. The van der Waals surface area contributed by atoms with E-state index in [1.54, 1.807) is 17.1 Å². The molecule has 2 aromatic heterocycles. The smallest absolute Gasteiger partial charge is 0.282 e. The Morgan fingerprint density at radius 3 is 2.84 bits per heavy atom. The number of nitrogens with zero attached hydrogens (tertiary/aromatic N) is 6. The highest BCUT2D eigenvalue weighted by atomic mass is 32.1. The van der Waals surface area contributed by atoms with Crippen LogP contribution in [0.5, 0.6) is 0 Å². The fourth-order valence-corrected chi connectivity index (χ4v) is 4.12. The molecule has 10 nitrogen and oxygen atoms in total. The zero-order valence-electron chi connectivity index (χ0n) is 18.2. The fourth-order valence-electron chi connectivity index (χ4n) is 3.32. The number of carbonyl (C=O) groups is 2. The van der Waals surface area contributed by atoms with Crippen molar-refractivity contribution < 1.29 is 9.59 Å². The first kappa shape index (κ1) is 22.3. The van der Waals surface area contributed by atoms with Gasteiger partial charge in [0, 0.05) is 31.4 Å². The topological polar surface area (TPSA) is 127 Å². The van der Waals surface area contributed by atoms with E-state index in [4.69, 9.17) is 0 Å². The summed E-state index contributed by atoms with van der Waals surface area (Å²) in [6.07, 6.45) is 11.3. The third-order valence-electron chi connectivity index (χ3n) is 5.39. The number of hydrogen-bond acceptors (Lipinski definition) is 8. The van der Waals surface area contributed by atoms with E-state index in [0.29, 0.717) is 35.6 Å². The van der Waals surface area contributed by atoms with Gasteiger partial charge < -0.3 is 10.6 Å². The van der Waals surface area contributed by atoms with Gasteiger partial charge in [-0.3, -0.25) is 19.3 Å². The number of aryl methyl sites for hydroxylation is 2. The van der Waals surface area contributed by atoms with Crippen molar-refractivity contribution in [1.82, 2.24) is 35.8 Å². The van der Waals surface area contributed by atoms with Crippen molar-refractivity contribution in [2.75, 3.05) is 13.1 Å². The number of allylic oxidation sites excluding steroid dienone is 1. The molecule has 1 unspecified atom stereocenters. The zero-order chi connectivity index (χ0) is 22.3. The minimum absolute atomic E-state index is 0.163. The van der Waals surface area contributed by atoms with E-state index in [2.05, 4.69) is 49.1 Å². The van der Waals surface area contributed by atoms with E-state index in [-0.39, 0.29) is 11.8 Å². The third-order valence-corrected chi connectivity index (χ3v) is 6.37. The van der Waals surface area contributed by atoms with Crippen molar-refractivity contribution in [1.29, 1.82) is 0 Å². The van der Waals surface area contributed by atoms with E-state index in [1.165, 1.54) is 24.2 Å². The molecule has 0 saturated heterocycles. The quantitative estimate of drug-likeness (QED) is 0.498. The highest BCUT2D eigenvalue weighted by Crippen LogP contribution is 2.27. The number of rotatable bonds is 11. The lowest BCUT2D eigenvalue weighted by Crippen LogP contribution is -2.30. The molecular formula is C21H28N8O2S. The third kappa shape index (κ3) is 6.52. The van der Waals surface area contributed by atoms with Crippen molar-refractivity contribution in [3.63, 3.8) is 0 Å². The summed E-state index contributed by atoms with van der Waals surface area (Å²) in [6.45, 7) is 3.95. The summed E-state index contributed by atoms with van der Waals surface area (Å²) in [5.74, 6) is 0.702. The summed E-state index contributed by atoms with van der Waals surface area (Å²) in [7, 11) is 0. The second kappa shape index (κ2) is 10.6. The van der Waals surface area contributed by atoms with E-state index in [0.717, 1.165) is 42.9 Å². The fraction of sp³-hybridized carbons (Fsp3) is 0.571. The average Bonchev–Trinajstić information content (AvgIpc) is 3.29. The minimum Gasteiger partial charge on any atom is -0.350 e. The maximum absolute atomic E-state index is 12.3. The Hall–Kier alpha value is -2.95. The Bertz CT molecular complexity index is 1010. The summed E-state index contributed by atoms with van der Waals surface area (Å²) >= 11 is 1.32. The van der Waals surface area contributed by atoms with Crippen LogP contribution in [-0.4, -0.2) is 55.8 Å². The SMILES string of the molecule is CC1C=CN=C(CNC(=O)c2nnc(CCCCn3cc(C(=O)NCC4CC4)nn3)s2)C1. The lowest BCUT2D eigenvalue weighted by Gasteiger charge is -2.13. The molecule has 170 valence electrons. The van der Waals surface area contributed by atoms with Crippen LogP contribution in [0, 0.1) is 11.8 Å². The second-order valence-electron chi connectivity index (χ2n) is 8.38. The molecule has 4 rings (SSSR count). The van der Waals surface area contributed by atoms with Gasteiger partial charge in [-0.1, -0.05) is 29.5 Å². The van der Waals surface area contributed by atoms with Gasteiger partial charge in [0.2, 0.25) is 5.01 Å². The largest absolute Gasteiger partial charge is 0.350 e. The van der Waals surface area contributed by atoms with Gasteiger partial charge in [0.25, 0.3) is 11.8 Å². The van der Waals surface area contributed by atoms with Gasteiger partial charge in [0.1, 0.15) is 5.01 Å². The Kier molecular flexibility index (Phi) is 7.35. The van der Waals surface area contributed by atoms with Crippen LogP contribution >= 0.6 is 11.3 Å². The normalized spacial score (nSPS) is 17.8. The van der Waals surface area contributed by atoms with Crippen molar-refractivity contribution in [2.24, 2.45) is 16.8 Å². The van der Waals surface area contributed by atoms with Gasteiger partial charge >= 0.3 is 0 Å². The van der Waals surface area contributed by atoms with Crippen LogP contribution in [0.15, 0.2) is 23.5 Å². The molecule has 1 aliphatic carbocycles. The predicted molar refractivity (Wildman–Crippen MR) is 121 cm³/mol.